The van der Waals surface area contributed by atoms with Crippen molar-refractivity contribution in [3.05, 3.63) is 23.8 Å². The van der Waals surface area contributed by atoms with Crippen LogP contribution >= 0.6 is 0 Å². The van der Waals surface area contributed by atoms with Crippen molar-refractivity contribution in [2.75, 3.05) is 25.9 Å². The van der Waals surface area contributed by atoms with Crippen molar-refractivity contribution < 1.29 is 9.53 Å². The van der Waals surface area contributed by atoms with Crippen LogP contribution in [0.1, 0.15) is 38.1 Å². The highest BCUT2D eigenvalue weighted by molar-refractivity contribution is 5.98. The van der Waals surface area contributed by atoms with E-state index in [1.165, 1.54) is 7.11 Å². The summed E-state index contributed by atoms with van der Waals surface area (Å²) in [5.74, 6) is 1.29. The molecule has 0 saturated heterocycles. The van der Waals surface area contributed by atoms with Gasteiger partial charge < -0.3 is 15.4 Å². The van der Waals surface area contributed by atoms with Crippen LogP contribution in [0.5, 0.6) is 5.75 Å². The van der Waals surface area contributed by atoms with E-state index in [-0.39, 0.29) is 5.91 Å². The number of carbonyl (C=O) groups is 1. The summed E-state index contributed by atoms with van der Waals surface area (Å²) < 4.78 is 5.28. The van der Waals surface area contributed by atoms with Crippen LogP contribution in [0.4, 0.5) is 5.69 Å². The molecule has 0 aromatic heterocycles. The summed E-state index contributed by atoms with van der Waals surface area (Å²) in [6, 6.07) is 5.30. The molecule has 0 spiro atoms. The van der Waals surface area contributed by atoms with Crippen LogP contribution in [0, 0.1) is 11.8 Å². The molecule has 0 heterocycles. The summed E-state index contributed by atoms with van der Waals surface area (Å²) in [6.07, 6.45) is 0. The second-order valence-electron chi connectivity index (χ2n) is 5.93. The predicted molar refractivity (Wildman–Crippen MR) is 83.0 cm³/mol. The summed E-state index contributed by atoms with van der Waals surface area (Å²) in [7, 11) is 1.54. The molecule has 1 aromatic rings. The van der Waals surface area contributed by atoms with Crippen LogP contribution in [-0.2, 0) is 0 Å². The first kappa shape index (κ1) is 16.3. The highest BCUT2D eigenvalue weighted by atomic mass is 16.5. The minimum Gasteiger partial charge on any atom is -0.494 e. The molecule has 1 rings (SSSR count). The van der Waals surface area contributed by atoms with Crippen LogP contribution in [0.3, 0.4) is 0 Å². The van der Waals surface area contributed by atoms with E-state index in [2.05, 4.69) is 27.7 Å². The molecule has 20 heavy (non-hydrogen) atoms. The van der Waals surface area contributed by atoms with Crippen LogP contribution in [0.25, 0.3) is 0 Å². The second-order valence-corrected chi connectivity index (χ2v) is 5.93. The molecule has 4 heteroatoms. The molecule has 0 saturated carbocycles. The van der Waals surface area contributed by atoms with Gasteiger partial charge in [0.2, 0.25) is 0 Å². The molecule has 0 radical (unpaired) electrons. The Balaban J connectivity index is 3.08. The number of nitrogens with two attached hydrogens (primary N) is 1. The van der Waals surface area contributed by atoms with E-state index in [1.54, 1.807) is 18.2 Å². The maximum atomic E-state index is 12.7. The van der Waals surface area contributed by atoms with Gasteiger partial charge in [-0.2, -0.15) is 0 Å². The molecule has 112 valence electrons. The molecule has 0 fully saturated rings. The van der Waals surface area contributed by atoms with Gasteiger partial charge in [-0.15, -0.1) is 0 Å². The summed E-state index contributed by atoms with van der Waals surface area (Å²) in [4.78, 5) is 14.6. The number of benzene rings is 1. The minimum absolute atomic E-state index is 0.0171. The number of hydrogen-bond donors (Lipinski definition) is 1. The monoisotopic (exact) mass is 278 g/mol. The predicted octanol–water partition coefficient (Wildman–Crippen LogP) is 3.03. The fourth-order valence-corrected chi connectivity index (χ4v) is 2.24. The molecule has 0 aliphatic carbocycles. The normalized spacial score (nSPS) is 10.9. The third-order valence-corrected chi connectivity index (χ3v) is 2.94. The van der Waals surface area contributed by atoms with Crippen molar-refractivity contribution in [1.82, 2.24) is 4.90 Å². The number of para-hydroxylation sites is 1. The van der Waals surface area contributed by atoms with Crippen molar-refractivity contribution in [3.63, 3.8) is 0 Å². The Kier molecular flexibility index (Phi) is 5.86. The third-order valence-electron chi connectivity index (χ3n) is 2.94. The van der Waals surface area contributed by atoms with Gasteiger partial charge in [-0.25, -0.2) is 0 Å². The average Bonchev–Trinajstić information content (AvgIpc) is 2.35. The van der Waals surface area contributed by atoms with E-state index in [1.807, 2.05) is 4.90 Å². The summed E-state index contributed by atoms with van der Waals surface area (Å²) in [5.41, 5.74) is 6.91. The molecule has 0 unspecified atom stereocenters. The average molecular weight is 278 g/mol. The Hall–Kier alpha value is -1.71. The van der Waals surface area contributed by atoms with E-state index in [0.717, 1.165) is 13.1 Å². The fraction of sp³-hybridized carbons (Fsp3) is 0.562. The third kappa shape index (κ3) is 4.15. The largest absolute Gasteiger partial charge is 0.494 e. The van der Waals surface area contributed by atoms with Gasteiger partial charge in [-0.3, -0.25) is 4.79 Å². The lowest BCUT2D eigenvalue weighted by Gasteiger charge is -2.27. The van der Waals surface area contributed by atoms with E-state index in [0.29, 0.717) is 28.8 Å². The molecule has 1 aromatic carbocycles. The number of nitrogens with zero attached hydrogens (tertiary/aromatic N) is 1. The van der Waals surface area contributed by atoms with Gasteiger partial charge in [-0.05, 0) is 24.0 Å². The van der Waals surface area contributed by atoms with Gasteiger partial charge in [0, 0.05) is 13.1 Å². The summed E-state index contributed by atoms with van der Waals surface area (Å²) in [5, 5.41) is 0. The number of carbonyl (C=O) groups excluding carboxylic acids is 1. The number of rotatable bonds is 6. The number of anilines is 1. The minimum atomic E-state index is -0.0171. The van der Waals surface area contributed by atoms with Crippen LogP contribution in [0.15, 0.2) is 18.2 Å². The van der Waals surface area contributed by atoms with Crippen LogP contribution in [0.2, 0.25) is 0 Å². The van der Waals surface area contributed by atoms with Gasteiger partial charge in [0.05, 0.1) is 18.4 Å². The lowest BCUT2D eigenvalue weighted by molar-refractivity contribution is 0.0712. The molecule has 4 nitrogen and oxygen atoms in total. The van der Waals surface area contributed by atoms with Crippen molar-refractivity contribution in [1.29, 1.82) is 0 Å². The fourth-order valence-electron chi connectivity index (χ4n) is 2.24. The molecular formula is C16H26N2O2. The molecule has 1 amide bonds. The maximum absolute atomic E-state index is 12.7. The zero-order chi connectivity index (χ0) is 15.3. The summed E-state index contributed by atoms with van der Waals surface area (Å²) in [6.45, 7) is 9.90. The van der Waals surface area contributed by atoms with Gasteiger partial charge in [0.1, 0.15) is 0 Å². The topological polar surface area (TPSA) is 55.6 Å². The lowest BCUT2D eigenvalue weighted by Crippen LogP contribution is -2.37. The maximum Gasteiger partial charge on any atom is 0.257 e. The number of ether oxygens (including phenoxy) is 1. The Morgan fingerprint density at radius 2 is 1.75 bits per heavy atom. The summed E-state index contributed by atoms with van der Waals surface area (Å²) >= 11 is 0. The molecule has 0 bridgehead atoms. The highest BCUT2D eigenvalue weighted by Crippen LogP contribution is 2.27. The Bertz CT molecular complexity index is 446. The van der Waals surface area contributed by atoms with E-state index in [9.17, 15) is 4.79 Å². The van der Waals surface area contributed by atoms with E-state index >= 15 is 0 Å². The first-order valence-electron chi connectivity index (χ1n) is 7.08. The first-order chi connectivity index (χ1) is 9.36. The van der Waals surface area contributed by atoms with Crippen LogP contribution in [-0.4, -0.2) is 31.0 Å². The van der Waals surface area contributed by atoms with Crippen molar-refractivity contribution in [2.24, 2.45) is 11.8 Å². The lowest BCUT2D eigenvalue weighted by atomic mass is 10.1. The Morgan fingerprint density at radius 3 is 2.20 bits per heavy atom. The molecule has 2 N–H and O–H groups in total. The molecule has 0 aliphatic heterocycles. The van der Waals surface area contributed by atoms with Gasteiger partial charge in [-0.1, -0.05) is 33.8 Å². The Labute approximate surface area is 121 Å². The van der Waals surface area contributed by atoms with E-state index in [4.69, 9.17) is 10.5 Å². The van der Waals surface area contributed by atoms with Gasteiger partial charge >= 0.3 is 0 Å². The van der Waals surface area contributed by atoms with E-state index < -0.39 is 0 Å². The SMILES string of the molecule is COc1c(N)cccc1C(=O)N(CC(C)C)CC(C)C. The van der Waals surface area contributed by atoms with Crippen molar-refractivity contribution in [3.8, 4) is 5.75 Å². The Morgan fingerprint density at radius 1 is 1.20 bits per heavy atom. The zero-order valence-corrected chi connectivity index (χ0v) is 13.1. The van der Waals surface area contributed by atoms with Gasteiger partial charge in [0.25, 0.3) is 5.91 Å². The first-order valence-corrected chi connectivity index (χ1v) is 7.08. The molecular weight excluding hydrogens is 252 g/mol. The molecule has 0 atom stereocenters. The van der Waals surface area contributed by atoms with Gasteiger partial charge in [0.15, 0.2) is 5.75 Å². The number of amides is 1. The van der Waals surface area contributed by atoms with Crippen LogP contribution < -0.4 is 10.5 Å². The smallest absolute Gasteiger partial charge is 0.257 e. The zero-order valence-electron chi connectivity index (χ0n) is 13.1. The quantitative estimate of drug-likeness (QED) is 0.814. The van der Waals surface area contributed by atoms with Crippen molar-refractivity contribution in [2.45, 2.75) is 27.7 Å². The highest BCUT2D eigenvalue weighted by Gasteiger charge is 2.22. The van der Waals surface area contributed by atoms with Crippen molar-refractivity contribution >= 4 is 11.6 Å². The number of methoxy groups -OCH3 is 1. The standard InChI is InChI=1S/C16H26N2O2/c1-11(2)9-18(10-12(3)4)16(19)13-7-6-8-14(17)15(13)20-5/h6-8,11-12H,9-10,17H2,1-5H3. The molecule has 0 aliphatic rings. The second kappa shape index (κ2) is 7.17. The number of hydrogen-bond acceptors (Lipinski definition) is 3. The number of nitrogen functional groups attached to an aromatic ring is 1.